The van der Waals surface area contributed by atoms with Crippen molar-refractivity contribution in [1.29, 1.82) is 0 Å². The number of H-pyrrole nitrogens is 1. The number of nitrogens with one attached hydrogen (secondary N) is 1. The van der Waals surface area contributed by atoms with E-state index in [2.05, 4.69) is 27.8 Å². The van der Waals surface area contributed by atoms with Gasteiger partial charge in [-0.3, -0.25) is 4.79 Å². The highest BCUT2D eigenvalue weighted by molar-refractivity contribution is 9.10. The average Bonchev–Trinajstić information content (AvgIpc) is 2.81. The second-order valence-electron chi connectivity index (χ2n) is 5.71. The topological polar surface area (TPSA) is 32.9 Å². The Bertz CT molecular complexity index is 608. The molecule has 1 aliphatic carbocycles. The lowest BCUT2D eigenvalue weighted by Crippen LogP contribution is -2.20. The van der Waals surface area contributed by atoms with E-state index in [4.69, 9.17) is 0 Å². The third-order valence-electron chi connectivity index (χ3n) is 4.30. The quantitative estimate of drug-likeness (QED) is 0.781. The molecule has 2 nitrogen and oxygen atoms in total. The Hall–Kier alpha value is -1.09. The van der Waals surface area contributed by atoms with Crippen LogP contribution in [0, 0.1) is 11.8 Å². The number of benzene rings is 1. The van der Waals surface area contributed by atoms with Crippen molar-refractivity contribution >= 4 is 32.6 Å². The van der Waals surface area contributed by atoms with E-state index in [1.54, 1.807) is 0 Å². The maximum Gasteiger partial charge on any atom is 0.168 e. The highest BCUT2D eigenvalue weighted by Gasteiger charge is 2.26. The third-order valence-corrected chi connectivity index (χ3v) is 4.79. The predicted molar refractivity (Wildman–Crippen MR) is 81.5 cm³/mol. The van der Waals surface area contributed by atoms with Gasteiger partial charge in [0.2, 0.25) is 0 Å². The van der Waals surface area contributed by atoms with E-state index < -0.39 is 0 Å². The Labute approximate surface area is 121 Å². The standard InChI is InChI=1S/C16H18BrNO/c1-10-2-4-11(5-3-10)16(19)14-9-18-15-7-6-12(17)8-13(14)15/h6-11,18H,2-5H2,1H3. The van der Waals surface area contributed by atoms with Crippen LogP contribution < -0.4 is 0 Å². The van der Waals surface area contributed by atoms with Gasteiger partial charge < -0.3 is 4.98 Å². The molecule has 1 heterocycles. The molecule has 3 rings (SSSR count). The van der Waals surface area contributed by atoms with E-state index >= 15 is 0 Å². The summed E-state index contributed by atoms with van der Waals surface area (Å²) >= 11 is 3.48. The first kappa shape index (κ1) is 12.9. The van der Waals surface area contributed by atoms with Crippen molar-refractivity contribution in [2.45, 2.75) is 32.6 Å². The van der Waals surface area contributed by atoms with Crippen molar-refractivity contribution in [1.82, 2.24) is 4.98 Å². The zero-order valence-electron chi connectivity index (χ0n) is 11.1. The van der Waals surface area contributed by atoms with Crippen LogP contribution in [0.5, 0.6) is 0 Å². The molecule has 1 N–H and O–H groups in total. The van der Waals surface area contributed by atoms with Crippen molar-refractivity contribution in [2.24, 2.45) is 11.8 Å². The monoisotopic (exact) mass is 319 g/mol. The molecule has 0 bridgehead atoms. The Balaban J connectivity index is 1.91. The molecule has 0 radical (unpaired) electrons. The van der Waals surface area contributed by atoms with E-state index in [9.17, 15) is 4.79 Å². The molecule has 0 saturated heterocycles. The number of hydrogen-bond acceptors (Lipinski definition) is 1. The summed E-state index contributed by atoms with van der Waals surface area (Å²) < 4.78 is 1.02. The van der Waals surface area contributed by atoms with Crippen LogP contribution >= 0.6 is 15.9 Å². The predicted octanol–water partition coefficient (Wildman–Crippen LogP) is 4.94. The molecule has 3 heteroatoms. The fourth-order valence-electron chi connectivity index (χ4n) is 3.04. The maximum absolute atomic E-state index is 12.7. The van der Waals surface area contributed by atoms with Gasteiger partial charge in [-0.1, -0.05) is 35.7 Å². The SMILES string of the molecule is CC1CCC(C(=O)c2c[nH]c3ccc(Br)cc23)CC1. The van der Waals surface area contributed by atoms with Gasteiger partial charge in [0.25, 0.3) is 0 Å². The number of ketones is 1. The Morgan fingerprint density at radius 2 is 2.00 bits per heavy atom. The minimum absolute atomic E-state index is 0.217. The average molecular weight is 320 g/mol. The van der Waals surface area contributed by atoms with Gasteiger partial charge in [-0.25, -0.2) is 0 Å². The lowest BCUT2D eigenvalue weighted by Gasteiger charge is -2.24. The van der Waals surface area contributed by atoms with Crippen molar-refractivity contribution in [3.8, 4) is 0 Å². The van der Waals surface area contributed by atoms with Crippen LogP contribution in [0.1, 0.15) is 43.0 Å². The fourth-order valence-corrected chi connectivity index (χ4v) is 3.40. The van der Waals surface area contributed by atoms with Crippen molar-refractivity contribution in [3.05, 3.63) is 34.4 Å². The normalized spacial score (nSPS) is 23.7. The summed E-state index contributed by atoms with van der Waals surface area (Å²) in [5, 5.41) is 1.04. The largest absolute Gasteiger partial charge is 0.360 e. The van der Waals surface area contributed by atoms with Gasteiger partial charge in [0.15, 0.2) is 5.78 Å². The summed E-state index contributed by atoms with van der Waals surface area (Å²) in [5.74, 6) is 1.31. The molecule has 0 unspecified atom stereocenters. The molecule has 0 amide bonds. The number of rotatable bonds is 2. The van der Waals surface area contributed by atoms with Gasteiger partial charge in [-0.15, -0.1) is 0 Å². The molecular weight excluding hydrogens is 302 g/mol. The minimum atomic E-state index is 0.217. The molecule has 1 saturated carbocycles. The van der Waals surface area contributed by atoms with Gasteiger partial charge in [-0.2, -0.15) is 0 Å². The molecule has 1 aromatic carbocycles. The number of hydrogen-bond donors (Lipinski definition) is 1. The van der Waals surface area contributed by atoms with E-state index in [-0.39, 0.29) is 5.92 Å². The summed E-state index contributed by atoms with van der Waals surface area (Å²) in [6.45, 7) is 2.28. The number of aromatic nitrogens is 1. The van der Waals surface area contributed by atoms with Crippen molar-refractivity contribution in [3.63, 3.8) is 0 Å². The maximum atomic E-state index is 12.7. The van der Waals surface area contributed by atoms with E-state index in [0.29, 0.717) is 5.78 Å². The molecule has 0 aliphatic heterocycles. The first-order valence-corrected chi connectivity index (χ1v) is 7.75. The number of Topliss-reactive ketones (excluding diaryl/α,β-unsaturated/α-hetero) is 1. The molecule has 2 aromatic rings. The molecule has 0 atom stereocenters. The van der Waals surface area contributed by atoms with Crippen LogP contribution in [-0.4, -0.2) is 10.8 Å². The van der Waals surface area contributed by atoms with Gasteiger partial charge >= 0.3 is 0 Å². The van der Waals surface area contributed by atoms with Gasteiger partial charge in [-0.05, 0) is 37.0 Å². The fraction of sp³-hybridized carbons (Fsp3) is 0.438. The van der Waals surface area contributed by atoms with Crippen LogP contribution in [0.15, 0.2) is 28.9 Å². The second kappa shape index (κ2) is 5.12. The first-order chi connectivity index (χ1) is 9.15. The summed E-state index contributed by atoms with van der Waals surface area (Å²) in [7, 11) is 0. The molecular formula is C16H18BrNO. The van der Waals surface area contributed by atoms with Crippen LogP contribution in [0.4, 0.5) is 0 Å². The van der Waals surface area contributed by atoms with Crippen LogP contribution in [0.3, 0.4) is 0 Å². The molecule has 1 aromatic heterocycles. The minimum Gasteiger partial charge on any atom is -0.360 e. The summed E-state index contributed by atoms with van der Waals surface area (Å²) in [4.78, 5) is 15.9. The highest BCUT2D eigenvalue weighted by Crippen LogP contribution is 2.32. The molecule has 1 fully saturated rings. The van der Waals surface area contributed by atoms with E-state index in [1.165, 1.54) is 12.8 Å². The smallest absolute Gasteiger partial charge is 0.168 e. The first-order valence-electron chi connectivity index (χ1n) is 6.96. The Kier molecular flexibility index (Phi) is 3.48. The molecule has 1 aliphatic rings. The second-order valence-corrected chi connectivity index (χ2v) is 6.63. The summed E-state index contributed by atoms with van der Waals surface area (Å²) in [6.07, 6.45) is 6.32. The van der Waals surface area contributed by atoms with Crippen LogP contribution in [0.2, 0.25) is 0 Å². The number of fused-ring (bicyclic) bond motifs is 1. The van der Waals surface area contributed by atoms with Gasteiger partial charge in [0.05, 0.1) is 0 Å². The number of aromatic amines is 1. The third kappa shape index (κ3) is 2.48. The van der Waals surface area contributed by atoms with E-state index in [0.717, 1.165) is 39.7 Å². The van der Waals surface area contributed by atoms with Gasteiger partial charge in [0, 0.05) is 33.1 Å². The van der Waals surface area contributed by atoms with E-state index in [1.807, 2.05) is 24.4 Å². The van der Waals surface area contributed by atoms with Crippen molar-refractivity contribution < 1.29 is 4.79 Å². The zero-order chi connectivity index (χ0) is 13.4. The summed E-state index contributed by atoms with van der Waals surface area (Å²) in [5.41, 5.74) is 1.89. The molecule has 100 valence electrons. The van der Waals surface area contributed by atoms with Crippen LogP contribution in [0.25, 0.3) is 10.9 Å². The Morgan fingerprint density at radius 3 is 2.74 bits per heavy atom. The van der Waals surface area contributed by atoms with Crippen molar-refractivity contribution in [2.75, 3.05) is 0 Å². The van der Waals surface area contributed by atoms with Crippen LogP contribution in [-0.2, 0) is 0 Å². The lowest BCUT2D eigenvalue weighted by atomic mass is 9.79. The Morgan fingerprint density at radius 1 is 1.26 bits per heavy atom. The number of carbonyl (C=O) groups is 1. The number of halogens is 1. The number of carbonyl (C=O) groups excluding carboxylic acids is 1. The lowest BCUT2D eigenvalue weighted by molar-refractivity contribution is 0.0877. The zero-order valence-corrected chi connectivity index (χ0v) is 12.7. The van der Waals surface area contributed by atoms with Gasteiger partial charge in [0.1, 0.15) is 0 Å². The highest BCUT2D eigenvalue weighted by atomic mass is 79.9. The molecule has 19 heavy (non-hydrogen) atoms. The summed E-state index contributed by atoms with van der Waals surface area (Å²) in [6, 6.07) is 6.04. The molecule has 0 spiro atoms.